The molecule has 3 amide bonds. The predicted octanol–water partition coefficient (Wildman–Crippen LogP) is 2.21. The second-order valence-corrected chi connectivity index (χ2v) is 5.06. The van der Waals surface area contributed by atoms with E-state index in [9.17, 15) is 9.59 Å². The zero-order valence-electron chi connectivity index (χ0n) is 11.6. The van der Waals surface area contributed by atoms with Crippen molar-refractivity contribution in [2.75, 3.05) is 25.0 Å². The molecule has 1 aliphatic heterocycles. The van der Waals surface area contributed by atoms with Gasteiger partial charge in [-0.15, -0.1) is 0 Å². The number of hydrogen-bond acceptors (Lipinski definition) is 3. The average molecular weight is 275 g/mol. The summed E-state index contributed by atoms with van der Waals surface area (Å²) in [6, 6.07) is 8.60. The highest BCUT2D eigenvalue weighted by Gasteiger charge is 2.14. The minimum absolute atomic E-state index is 0.250. The van der Waals surface area contributed by atoms with Crippen LogP contribution in [-0.4, -0.2) is 36.5 Å². The number of imide groups is 1. The Morgan fingerprint density at radius 2 is 1.65 bits per heavy atom. The van der Waals surface area contributed by atoms with Crippen LogP contribution < -0.4 is 10.6 Å². The number of amides is 3. The van der Waals surface area contributed by atoms with Crippen LogP contribution >= 0.6 is 0 Å². The molecule has 1 aromatic rings. The number of carbonyl (C=O) groups is 2. The third-order valence-electron chi connectivity index (χ3n) is 3.35. The Bertz CT molecular complexity index is 440. The standard InChI is InChI=1S/C15H21N3O2/c19-14(12-18-10-6-1-2-7-11-18)17-15(20)16-13-8-4-3-5-9-13/h3-5,8-9H,1-2,6-7,10-12H2,(H2,16,17,19,20). The molecule has 20 heavy (non-hydrogen) atoms. The van der Waals surface area contributed by atoms with E-state index in [1.165, 1.54) is 12.8 Å². The minimum atomic E-state index is -0.476. The van der Waals surface area contributed by atoms with Gasteiger partial charge in [0.1, 0.15) is 0 Å². The number of nitrogens with zero attached hydrogens (tertiary/aromatic N) is 1. The van der Waals surface area contributed by atoms with Gasteiger partial charge < -0.3 is 5.32 Å². The highest BCUT2D eigenvalue weighted by molar-refractivity contribution is 6.01. The molecule has 1 aliphatic rings. The van der Waals surface area contributed by atoms with E-state index in [0.717, 1.165) is 25.9 Å². The maximum atomic E-state index is 11.8. The number of benzene rings is 1. The zero-order valence-corrected chi connectivity index (χ0v) is 11.6. The van der Waals surface area contributed by atoms with Gasteiger partial charge in [-0.2, -0.15) is 0 Å². The van der Waals surface area contributed by atoms with E-state index >= 15 is 0 Å². The third-order valence-corrected chi connectivity index (χ3v) is 3.35. The number of hydrogen-bond donors (Lipinski definition) is 2. The molecular weight excluding hydrogens is 254 g/mol. The Kier molecular flexibility index (Phi) is 5.55. The molecule has 0 saturated carbocycles. The molecule has 0 atom stereocenters. The fourth-order valence-electron chi connectivity index (χ4n) is 2.35. The van der Waals surface area contributed by atoms with Crippen molar-refractivity contribution in [3.05, 3.63) is 30.3 Å². The Morgan fingerprint density at radius 3 is 2.30 bits per heavy atom. The molecule has 2 rings (SSSR count). The van der Waals surface area contributed by atoms with Gasteiger partial charge >= 0.3 is 6.03 Å². The lowest BCUT2D eigenvalue weighted by atomic mass is 10.2. The number of anilines is 1. The number of nitrogens with one attached hydrogen (secondary N) is 2. The van der Waals surface area contributed by atoms with Gasteiger partial charge in [-0.25, -0.2) is 4.79 Å². The molecule has 1 saturated heterocycles. The van der Waals surface area contributed by atoms with Crippen LogP contribution in [0.25, 0.3) is 0 Å². The highest BCUT2D eigenvalue weighted by atomic mass is 16.2. The lowest BCUT2D eigenvalue weighted by Gasteiger charge is -2.18. The summed E-state index contributed by atoms with van der Waals surface area (Å²) in [5.74, 6) is -0.250. The summed E-state index contributed by atoms with van der Waals surface area (Å²) >= 11 is 0. The molecule has 1 aromatic carbocycles. The van der Waals surface area contributed by atoms with Crippen molar-refractivity contribution in [1.82, 2.24) is 10.2 Å². The van der Waals surface area contributed by atoms with E-state index in [-0.39, 0.29) is 5.91 Å². The first-order chi connectivity index (χ1) is 9.74. The average Bonchev–Trinajstić information content (AvgIpc) is 2.68. The first kappa shape index (κ1) is 14.5. The Hall–Kier alpha value is -1.88. The molecule has 5 nitrogen and oxygen atoms in total. The highest BCUT2D eigenvalue weighted by Crippen LogP contribution is 2.09. The van der Waals surface area contributed by atoms with E-state index in [1.807, 2.05) is 18.2 Å². The Labute approximate surface area is 119 Å². The molecule has 5 heteroatoms. The maximum Gasteiger partial charge on any atom is 0.325 e. The van der Waals surface area contributed by atoms with Gasteiger partial charge in [0.25, 0.3) is 0 Å². The summed E-state index contributed by atoms with van der Waals surface area (Å²) in [6.07, 6.45) is 4.71. The molecule has 0 radical (unpaired) electrons. The van der Waals surface area contributed by atoms with Crippen LogP contribution in [0.4, 0.5) is 10.5 Å². The van der Waals surface area contributed by atoms with Gasteiger partial charge in [-0.1, -0.05) is 31.0 Å². The van der Waals surface area contributed by atoms with E-state index in [0.29, 0.717) is 12.2 Å². The Balaban J connectivity index is 1.74. The van der Waals surface area contributed by atoms with Gasteiger partial charge in [0.15, 0.2) is 0 Å². The van der Waals surface area contributed by atoms with Gasteiger partial charge in [-0.3, -0.25) is 15.0 Å². The van der Waals surface area contributed by atoms with Crippen molar-refractivity contribution < 1.29 is 9.59 Å². The number of urea groups is 1. The van der Waals surface area contributed by atoms with Crippen molar-refractivity contribution in [1.29, 1.82) is 0 Å². The van der Waals surface area contributed by atoms with Crippen LogP contribution in [-0.2, 0) is 4.79 Å². The van der Waals surface area contributed by atoms with Crippen molar-refractivity contribution in [2.45, 2.75) is 25.7 Å². The molecule has 1 heterocycles. The van der Waals surface area contributed by atoms with Gasteiger partial charge in [0, 0.05) is 5.69 Å². The normalized spacial score (nSPS) is 16.2. The molecule has 0 aromatic heterocycles. The maximum absolute atomic E-state index is 11.8. The van der Waals surface area contributed by atoms with Crippen molar-refractivity contribution in [3.8, 4) is 0 Å². The molecular formula is C15H21N3O2. The molecule has 2 N–H and O–H groups in total. The summed E-state index contributed by atoms with van der Waals surface area (Å²) in [6.45, 7) is 2.17. The number of rotatable bonds is 3. The molecule has 0 aliphatic carbocycles. The fourth-order valence-corrected chi connectivity index (χ4v) is 2.35. The van der Waals surface area contributed by atoms with Crippen LogP contribution in [0.15, 0.2) is 30.3 Å². The monoisotopic (exact) mass is 275 g/mol. The smallest absolute Gasteiger partial charge is 0.308 e. The fraction of sp³-hybridized carbons (Fsp3) is 0.467. The number of carbonyl (C=O) groups excluding carboxylic acids is 2. The minimum Gasteiger partial charge on any atom is -0.308 e. The van der Waals surface area contributed by atoms with Gasteiger partial charge in [0.05, 0.1) is 6.54 Å². The lowest BCUT2D eigenvalue weighted by Crippen LogP contribution is -2.42. The van der Waals surface area contributed by atoms with E-state index in [2.05, 4.69) is 15.5 Å². The molecule has 108 valence electrons. The van der Waals surface area contributed by atoms with Crippen LogP contribution in [0.1, 0.15) is 25.7 Å². The van der Waals surface area contributed by atoms with Crippen LogP contribution in [0, 0.1) is 0 Å². The summed E-state index contributed by atoms with van der Waals surface area (Å²) < 4.78 is 0. The van der Waals surface area contributed by atoms with Crippen molar-refractivity contribution in [2.24, 2.45) is 0 Å². The summed E-state index contributed by atoms with van der Waals surface area (Å²) in [4.78, 5) is 25.6. The molecule has 1 fully saturated rings. The molecule has 0 bridgehead atoms. The second-order valence-electron chi connectivity index (χ2n) is 5.06. The Morgan fingerprint density at radius 1 is 1.00 bits per heavy atom. The van der Waals surface area contributed by atoms with Gasteiger partial charge in [-0.05, 0) is 38.1 Å². The summed E-state index contributed by atoms with van der Waals surface area (Å²) in [7, 11) is 0. The lowest BCUT2D eigenvalue weighted by molar-refractivity contribution is -0.121. The molecule has 0 spiro atoms. The molecule has 0 unspecified atom stereocenters. The van der Waals surface area contributed by atoms with Crippen molar-refractivity contribution >= 4 is 17.6 Å². The van der Waals surface area contributed by atoms with Crippen LogP contribution in [0.3, 0.4) is 0 Å². The van der Waals surface area contributed by atoms with Gasteiger partial charge in [0.2, 0.25) is 5.91 Å². The van der Waals surface area contributed by atoms with E-state index in [1.54, 1.807) is 12.1 Å². The summed E-state index contributed by atoms with van der Waals surface area (Å²) in [5.41, 5.74) is 0.674. The topological polar surface area (TPSA) is 61.4 Å². The van der Waals surface area contributed by atoms with E-state index < -0.39 is 6.03 Å². The number of para-hydroxylation sites is 1. The first-order valence-corrected chi connectivity index (χ1v) is 7.12. The first-order valence-electron chi connectivity index (χ1n) is 7.12. The predicted molar refractivity (Wildman–Crippen MR) is 78.5 cm³/mol. The quantitative estimate of drug-likeness (QED) is 0.889. The number of likely N-dealkylation sites (tertiary alicyclic amines) is 1. The second kappa shape index (κ2) is 7.65. The largest absolute Gasteiger partial charge is 0.325 e. The SMILES string of the molecule is O=C(CN1CCCCCC1)NC(=O)Nc1ccccc1. The van der Waals surface area contributed by atoms with Crippen molar-refractivity contribution in [3.63, 3.8) is 0 Å². The third kappa shape index (κ3) is 5.01. The van der Waals surface area contributed by atoms with Crippen LogP contribution in [0.2, 0.25) is 0 Å². The van der Waals surface area contributed by atoms with E-state index in [4.69, 9.17) is 0 Å². The zero-order chi connectivity index (χ0) is 14.2. The summed E-state index contributed by atoms with van der Waals surface area (Å²) in [5, 5.41) is 5.00. The van der Waals surface area contributed by atoms with Crippen LogP contribution in [0.5, 0.6) is 0 Å².